The summed E-state index contributed by atoms with van der Waals surface area (Å²) in [6.45, 7) is 0.00955. The van der Waals surface area contributed by atoms with Gasteiger partial charge in [-0.05, 0) is 5.56 Å². The summed E-state index contributed by atoms with van der Waals surface area (Å²) < 4.78 is 1.28. The maximum Gasteiger partial charge on any atom is 0.328 e. The van der Waals surface area contributed by atoms with E-state index in [1.807, 2.05) is 18.2 Å². The van der Waals surface area contributed by atoms with Crippen molar-refractivity contribution in [3.05, 3.63) is 57.4 Å². The number of aromatic nitrogens is 2. The summed E-state index contributed by atoms with van der Waals surface area (Å²) in [5, 5.41) is 8.82. The van der Waals surface area contributed by atoms with Crippen molar-refractivity contribution in [2.75, 3.05) is 6.61 Å². The van der Waals surface area contributed by atoms with Crippen molar-refractivity contribution in [2.24, 2.45) is 0 Å². The van der Waals surface area contributed by atoms with Gasteiger partial charge in [-0.25, -0.2) is 4.79 Å². The van der Waals surface area contributed by atoms with Gasteiger partial charge < -0.3 is 5.11 Å². The van der Waals surface area contributed by atoms with Crippen molar-refractivity contribution in [1.82, 2.24) is 9.55 Å². The molecule has 0 amide bonds. The van der Waals surface area contributed by atoms with Crippen LogP contribution in [0.25, 0.3) is 11.1 Å². The van der Waals surface area contributed by atoms with Gasteiger partial charge in [0.05, 0.1) is 18.7 Å². The Balaban J connectivity index is 2.59. The van der Waals surface area contributed by atoms with Crippen LogP contribution < -0.4 is 11.2 Å². The summed E-state index contributed by atoms with van der Waals surface area (Å²) in [4.78, 5) is 25.3. The molecule has 1 heterocycles. The minimum absolute atomic E-state index is 0.153. The number of H-pyrrole nitrogens is 1. The molecule has 5 nitrogen and oxygen atoms in total. The molecule has 1 aromatic carbocycles. The Morgan fingerprint density at radius 1 is 1.18 bits per heavy atom. The van der Waals surface area contributed by atoms with Gasteiger partial charge >= 0.3 is 5.69 Å². The predicted octanol–water partition coefficient (Wildman–Crippen LogP) is 0.196. The molecule has 0 aliphatic carbocycles. The van der Waals surface area contributed by atoms with Crippen molar-refractivity contribution in [1.29, 1.82) is 0 Å². The van der Waals surface area contributed by atoms with Gasteiger partial charge in [0.2, 0.25) is 0 Å². The average Bonchev–Trinajstić information content (AvgIpc) is 2.34. The van der Waals surface area contributed by atoms with Crippen LogP contribution in [-0.2, 0) is 6.54 Å². The smallest absolute Gasteiger partial charge is 0.328 e. The Hall–Kier alpha value is -2.14. The van der Waals surface area contributed by atoms with Crippen LogP contribution in [0.1, 0.15) is 0 Å². The van der Waals surface area contributed by atoms with E-state index in [1.165, 1.54) is 10.8 Å². The van der Waals surface area contributed by atoms with Gasteiger partial charge in [0.1, 0.15) is 0 Å². The molecule has 0 saturated heterocycles. The van der Waals surface area contributed by atoms with Gasteiger partial charge in [-0.1, -0.05) is 30.3 Å². The molecule has 2 N–H and O–H groups in total. The van der Waals surface area contributed by atoms with E-state index < -0.39 is 11.2 Å². The number of aliphatic hydroxyl groups is 1. The molecular formula is C12H12N2O3. The van der Waals surface area contributed by atoms with E-state index in [9.17, 15) is 9.59 Å². The first-order chi connectivity index (χ1) is 8.22. The Morgan fingerprint density at radius 3 is 2.53 bits per heavy atom. The second kappa shape index (κ2) is 4.80. The van der Waals surface area contributed by atoms with Crippen molar-refractivity contribution >= 4 is 0 Å². The van der Waals surface area contributed by atoms with E-state index in [4.69, 9.17) is 5.11 Å². The molecule has 0 radical (unpaired) electrons. The molecule has 0 fully saturated rings. The maximum absolute atomic E-state index is 11.7. The van der Waals surface area contributed by atoms with E-state index in [2.05, 4.69) is 4.98 Å². The Bertz CT molecular complexity index is 614. The molecule has 2 rings (SSSR count). The van der Waals surface area contributed by atoms with Crippen LogP contribution in [0, 0.1) is 0 Å². The normalized spacial score (nSPS) is 10.4. The average molecular weight is 232 g/mol. The van der Waals surface area contributed by atoms with Crippen molar-refractivity contribution in [3.8, 4) is 11.1 Å². The van der Waals surface area contributed by atoms with Crippen LogP contribution in [0.3, 0.4) is 0 Å². The molecule has 0 unspecified atom stereocenters. The highest BCUT2D eigenvalue weighted by Crippen LogP contribution is 2.12. The molecule has 0 spiro atoms. The van der Waals surface area contributed by atoms with Crippen LogP contribution >= 0.6 is 0 Å². The van der Waals surface area contributed by atoms with E-state index >= 15 is 0 Å². The van der Waals surface area contributed by atoms with Gasteiger partial charge in [-0.3, -0.25) is 14.3 Å². The fourth-order valence-corrected chi connectivity index (χ4v) is 1.61. The Morgan fingerprint density at radius 2 is 1.88 bits per heavy atom. The quantitative estimate of drug-likeness (QED) is 0.793. The number of benzene rings is 1. The number of aliphatic hydroxyl groups excluding tert-OH is 1. The van der Waals surface area contributed by atoms with Gasteiger partial charge in [0.25, 0.3) is 5.56 Å². The molecule has 0 saturated carbocycles. The molecule has 2 aromatic rings. The number of rotatable bonds is 3. The van der Waals surface area contributed by atoms with E-state index in [0.717, 1.165) is 5.56 Å². The third kappa shape index (κ3) is 2.34. The summed E-state index contributed by atoms with van der Waals surface area (Å²) in [6.07, 6.45) is 1.46. The number of hydrogen-bond acceptors (Lipinski definition) is 3. The molecule has 0 aliphatic heterocycles. The molecule has 0 atom stereocenters. The molecule has 17 heavy (non-hydrogen) atoms. The zero-order valence-electron chi connectivity index (χ0n) is 9.09. The summed E-state index contributed by atoms with van der Waals surface area (Å²) in [7, 11) is 0. The fourth-order valence-electron chi connectivity index (χ4n) is 1.61. The lowest BCUT2D eigenvalue weighted by atomic mass is 10.1. The lowest BCUT2D eigenvalue weighted by Crippen LogP contribution is -2.31. The fraction of sp³-hybridized carbons (Fsp3) is 0.167. The number of aromatic amines is 1. The Labute approximate surface area is 97.0 Å². The highest BCUT2D eigenvalue weighted by molar-refractivity contribution is 5.60. The maximum atomic E-state index is 11.7. The first-order valence-corrected chi connectivity index (χ1v) is 5.22. The van der Waals surface area contributed by atoms with Crippen molar-refractivity contribution in [2.45, 2.75) is 6.54 Å². The highest BCUT2D eigenvalue weighted by atomic mass is 16.3. The summed E-state index contributed by atoms with van der Waals surface area (Å²) in [6, 6.07) is 9.06. The minimum Gasteiger partial charge on any atom is -0.395 e. The molecule has 5 heteroatoms. The van der Waals surface area contributed by atoms with Gasteiger partial charge in [0, 0.05) is 6.20 Å². The topological polar surface area (TPSA) is 75.1 Å². The van der Waals surface area contributed by atoms with Crippen LogP contribution in [0.15, 0.2) is 46.1 Å². The molecule has 1 aromatic heterocycles. The lowest BCUT2D eigenvalue weighted by Gasteiger charge is -2.05. The number of nitrogens with one attached hydrogen (secondary N) is 1. The van der Waals surface area contributed by atoms with Gasteiger partial charge in [0.15, 0.2) is 0 Å². The molecule has 0 bridgehead atoms. The molecule has 0 aliphatic rings. The highest BCUT2D eigenvalue weighted by Gasteiger charge is 2.06. The van der Waals surface area contributed by atoms with E-state index in [0.29, 0.717) is 5.56 Å². The van der Waals surface area contributed by atoms with Crippen LogP contribution in [0.5, 0.6) is 0 Å². The van der Waals surface area contributed by atoms with Crippen LogP contribution in [0.2, 0.25) is 0 Å². The predicted molar refractivity (Wildman–Crippen MR) is 63.8 cm³/mol. The van der Waals surface area contributed by atoms with Crippen LogP contribution in [0.4, 0.5) is 0 Å². The first kappa shape index (κ1) is 11.3. The SMILES string of the molecule is O=c1[nH]c(=O)n(CCO)cc1-c1ccccc1. The standard InChI is InChI=1S/C12H12N2O3/c15-7-6-14-8-10(11(16)13-12(14)17)9-4-2-1-3-5-9/h1-5,8,15H,6-7H2,(H,13,16,17). The lowest BCUT2D eigenvalue weighted by molar-refractivity contribution is 0.273. The third-order valence-electron chi connectivity index (χ3n) is 2.44. The first-order valence-electron chi connectivity index (χ1n) is 5.22. The molecule has 88 valence electrons. The van der Waals surface area contributed by atoms with Gasteiger partial charge in [-0.15, -0.1) is 0 Å². The summed E-state index contributed by atoms with van der Waals surface area (Å²) in [5.41, 5.74) is 0.221. The summed E-state index contributed by atoms with van der Waals surface area (Å²) in [5.74, 6) is 0. The third-order valence-corrected chi connectivity index (χ3v) is 2.44. The van der Waals surface area contributed by atoms with Crippen molar-refractivity contribution < 1.29 is 5.11 Å². The zero-order chi connectivity index (χ0) is 12.3. The number of nitrogens with zero attached hydrogens (tertiary/aromatic N) is 1. The molecular weight excluding hydrogens is 220 g/mol. The Kier molecular flexibility index (Phi) is 3.20. The van der Waals surface area contributed by atoms with Crippen molar-refractivity contribution in [3.63, 3.8) is 0 Å². The van der Waals surface area contributed by atoms with E-state index in [1.54, 1.807) is 12.1 Å². The van der Waals surface area contributed by atoms with Crippen LogP contribution in [-0.4, -0.2) is 21.3 Å². The second-order valence-electron chi connectivity index (χ2n) is 3.59. The zero-order valence-corrected chi connectivity index (χ0v) is 9.09. The summed E-state index contributed by atoms with van der Waals surface area (Å²) >= 11 is 0. The van der Waals surface area contributed by atoms with E-state index in [-0.39, 0.29) is 13.2 Å². The second-order valence-corrected chi connectivity index (χ2v) is 3.59. The number of hydrogen-bond donors (Lipinski definition) is 2. The van der Waals surface area contributed by atoms with Gasteiger partial charge in [-0.2, -0.15) is 0 Å². The monoisotopic (exact) mass is 232 g/mol. The largest absolute Gasteiger partial charge is 0.395 e. The minimum atomic E-state index is -0.510.